The smallest absolute Gasteiger partial charge is 0.345 e. The van der Waals surface area contributed by atoms with Crippen LogP contribution in [-0.4, -0.2) is 30.2 Å². The standard InChI is InChI=1S/C13H12N2O4/c1-17-10-8-11(18-2)15-13(14-10)19-12(16)9-6-4-3-5-7-9/h3-8H,1-2H3. The number of aromatic nitrogens is 2. The van der Waals surface area contributed by atoms with Gasteiger partial charge in [0, 0.05) is 0 Å². The highest BCUT2D eigenvalue weighted by Gasteiger charge is 2.12. The van der Waals surface area contributed by atoms with Crippen LogP contribution in [0.1, 0.15) is 10.4 Å². The molecule has 2 aromatic rings. The summed E-state index contributed by atoms with van der Waals surface area (Å²) in [6.45, 7) is 0. The van der Waals surface area contributed by atoms with Gasteiger partial charge in [-0.15, -0.1) is 0 Å². The maximum Gasteiger partial charge on any atom is 0.345 e. The van der Waals surface area contributed by atoms with E-state index in [4.69, 9.17) is 14.2 Å². The zero-order chi connectivity index (χ0) is 13.7. The van der Waals surface area contributed by atoms with E-state index in [0.29, 0.717) is 5.56 Å². The minimum absolute atomic E-state index is 0.120. The largest absolute Gasteiger partial charge is 0.481 e. The fraction of sp³-hybridized carbons (Fsp3) is 0.154. The highest BCUT2D eigenvalue weighted by molar-refractivity contribution is 5.90. The first-order valence-electron chi connectivity index (χ1n) is 5.47. The summed E-state index contributed by atoms with van der Waals surface area (Å²) in [6, 6.07) is 9.93. The summed E-state index contributed by atoms with van der Waals surface area (Å²) < 4.78 is 15.0. The highest BCUT2D eigenvalue weighted by Crippen LogP contribution is 2.19. The Morgan fingerprint density at radius 3 is 2.11 bits per heavy atom. The van der Waals surface area contributed by atoms with Gasteiger partial charge in [0.05, 0.1) is 25.8 Å². The molecular weight excluding hydrogens is 248 g/mol. The van der Waals surface area contributed by atoms with E-state index in [1.165, 1.54) is 20.3 Å². The number of hydrogen-bond acceptors (Lipinski definition) is 6. The lowest BCUT2D eigenvalue weighted by molar-refractivity contribution is 0.0717. The number of rotatable bonds is 4. The summed E-state index contributed by atoms with van der Waals surface area (Å²) in [4.78, 5) is 19.6. The Kier molecular flexibility index (Phi) is 3.92. The van der Waals surface area contributed by atoms with Gasteiger partial charge in [0.25, 0.3) is 0 Å². The number of hydrogen-bond donors (Lipinski definition) is 0. The van der Waals surface area contributed by atoms with Gasteiger partial charge in [-0.1, -0.05) is 18.2 Å². The zero-order valence-corrected chi connectivity index (χ0v) is 10.5. The monoisotopic (exact) mass is 260 g/mol. The summed E-state index contributed by atoms with van der Waals surface area (Å²) in [5, 5.41) is 0. The number of ether oxygens (including phenoxy) is 3. The van der Waals surface area contributed by atoms with Crippen LogP contribution in [0.2, 0.25) is 0 Å². The maximum atomic E-state index is 11.8. The molecule has 0 saturated heterocycles. The van der Waals surface area contributed by atoms with Gasteiger partial charge in [-0.3, -0.25) is 0 Å². The summed E-state index contributed by atoms with van der Waals surface area (Å²) in [7, 11) is 2.90. The topological polar surface area (TPSA) is 70.5 Å². The molecule has 6 nitrogen and oxygen atoms in total. The third-order valence-electron chi connectivity index (χ3n) is 2.27. The van der Waals surface area contributed by atoms with Gasteiger partial charge in [-0.25, -0.2) is 4.79 Å². The summed E-state index contributed by atoms with van der Waals surface area (Å²) in [5.74, 6) is -0.0404. The first kappa shape index (κ1) is 12.8. The van der Waals surface area contributed by atoms with Crippen LogP contribution in [-0.2, 0) is 0 Å². The van der Waals surface area contributed by atoms with Crippen molar-refractivity contribution in [1.82, 2.24) is 9.97 Å². The molecule has 0 spiro atoms. The Bertz CT molecular complexity index is 550. The van der Waals surface area contributed by atoms with E-state index < -0.39 is 5.97 Å². The number of nitrogens with zero attached hydrogens (tertiary/aromatic N) is 2. The molecular formula is C13H12N2O4. The van der Waals surface area contributed by atoms with Crippen molar-refractivity contribution >= 4 is 5.97 Å². The van der Waals surface area contributed by atoms with E-state index >= 15 is 0 Å². The maximum absolute atomic E-state index is 11.8. The van der Waals surface area contributed by atoms with E-state index in [1.54, 1.807) is 24.3 Å². The van der Waals surface area contributed by atoms with Crippen molar-refractivity contribution in [3.63, 3.8) is 0 Å². The van der Waals surface area contributed by atoms with Crippen LogP contribution >= 0.6 is 0 Å². The fourth-order valence-electron chi connectivity index (χ4n) is 1.35. The molecule has 6 heteroatoms. The molecule has 0 fully saturated rings. The average Bonchev–Trinajstić information content (AvgIpc) is 2.47. The molecule has 0 aliphatic heterocycles. The Labute approximate surface area is 110 Å². The lowest BCUT2D eigenvalue weighted by Crippen LogP contribution is -2.11. The quantitative estimate of drug-likeness (QED) is 0.779. The van der Waals surface area contributed by atoms with Crippen LogP contribution in [0.15, 0.2) is 36.4 Å². The van der Waals surface area contributed by atoms with Crippen LogP contribution in [0.5, 0.6) is 17.8 Å². The predicted molar refractivity (Wildman–Crippen MR) is 66.5 cm³/mol. The fourth-order valence-corrected chi connectivity index (χ4v) is 1.35. The van der Waals surface area contributed by atoms with Crippen molar-refractivity contribution in [2.45, 2.75) is 0 Å². The van der Waals surface area contributed by atoms with E-state index in [9.17, 15) is 4.79 Å². The van der Waals surface area contributed by atoms with Gasteiger partial charge in [0.15, 0.2) is 0 Å². The second-order valence-electron chi connectivity index (χ2n) is 3.49. The predicted octanol–water partition coefficient (Wildman–Crippen LogP) is 1.71. The molecule has 0 saturated carbocycles. The van der Waals surface area contributed by atoms with Crippen LogP contribution in [0, 0.1) is 0 Å². The molecule has 0 amide bonds. The summed E-state index contributed by atoms with van der Waals surface area (Å²) >= 11 is 0. The van der Waals surface area contributed by atoms with Crippen molar-refractivity contribution < 1.29 is 19.0 Å². The minimum Gasteiger partial charge on any atom is -0.481 e. The molecule has 2 rings (SSSR count). The molecule has 1 heterocycles. The van der Waals surface area contributed by atoms with E-state index in [2.05, 4.69) is 9.97 Å². The molecule has 0 aliphatic rings. The van der Waals surface area contributed by atoms with E-state index in [0.717, 1.165) is 0 Å². The third kappa shape index (κ3) is 3.19. The van der Waals surface area contributed by atoms with Crippen molar-refractivity contribution in [2.75, 3.05) is 14.2 Å². The van der Waals surface area contributed by atoms with Gasteiger partial charge in [0.1, 0.15) is 0 Å². The van der Waals surface area contributed by atoms with Crippen LogP contribution in [0.4, 0.5) is 0 Å². The summed E-state index contributed by atoms with van der Waals surface area (Å²) in [6.07, 6.45) is 0. The molecule has 0 radical (unpaired) electrons. The molecule has 0 unspecified atom stereocenters. The van der Waals surface area contributed by atoms with Crippen LogP contribution < -0.4 is 14.2 Å². The van der Waals surface area contributed by atoms with Crippen molar-refractivity contribution in [3.8, 4) is 17.8 Å². The third-order valence-corrected chi connectivity index (χ3v) is 2.27. The molecule has 0 bridgehead atoms. The number of methoxy groups -OCH3 is 2. The lowest BCUT2D eigenvalue weighted by atomic mass is 10.2. The SMILES string of the molecule is COc1cc(OC)nc(OC(=O)c2ccccc2)n1. The van der Waals surface area contributed by atoms with Gasteiger partial charge in [-0.2, -0.15) is 9.97 Å². The van der Waals surface area contributed by atoms with E-state index in [-0.39, 0.29) is 17.8 Å². The molecule has 1 aromatic carbocycles. The minimum atomic E-state index is -0.545. The second kappa shape index (κ2) is 5.81. The molecule has 19 heavy (non-hydrogen) atoms. The van der Waals surface area contributed by atoms with Crippen LogP contribution in [0.3, 0.4) is 0 Å². The highest BCUT2D eigenvalue weighted by atomic mass is 16.6. The molecule has 0 aliphatic carbocycles. The molecule has 0 atom stereocenters. The Balaban J connectivity index is 2.21. The van der Waals surface area contributed by atoms with Gasteiger partial charge >= 0.3 is 12.0 Å². The van der Waals surface area contributed by atoms with Crippen molar-refractivity contribution in [2.24, 2.45) is 0 Å². The number of carbonyl (C=O) groups excluding carboxylic acids is 1. The van der Waals surface area contributed by atoms with Gasteiger partial charge < -0.3 is 14.2 Å². The first-order chi connectivity index (χ1) is 9.22. The van der Waals surface area contributed by atoms with E-state index in [1.807, 2.05) is 6.07 Å². The number of benzene rings is 1. The lowest BCUT2D eigenvalue weighted by Gasteiger charge is -2.06. The Morgan fingerprint density at radius 1 is 1.00 bits per heavy atom. The van der Waals surface area contributed by atoms with Crippen LogP contribution in [0.25, 0.3) is 0 Å². The van der Waals surface area contributed by atoms with Gasteiger partial charge in [0.2, 0.25) is 11.8 Å². The molecule has 1 aromatic heterocycles. The zero-order valence-electron chi connectivity index (χ0n) is 10.5. The average molecular weight is 260 g/mol. The molecule has 98 valence electrons. The normalized spacial score (nSPS) is 9.79. The Hall–Kier alpha value is -2.63. The van der Waals surface area contributed by atoms with Gasteiger partial charge in [-0.05, 0) is 12.1 Å². The van der Waals surface area contributed by atoms with Crippen molar-refractivity contribution in [1.29, 1.82) is 0 Å². The molecule has 0 N–H and O–H groups in total. The number of carbonyl (C=O) groups is 1. The summed E-state index contributed by atoms with van der Waals surface area (Å²) in [5.41, 5.74) is 0.410. The first-order valence-corrected chi connectivity index (χ1v) is 5.47. The number of esters is 1. The second-order valence-corrected chi connectivity index (χ2v) is 3.49. The van der Waals surface area contributed by atoms with Crippen molar-refractivity contribution in [3.05, 3.63) is 42.0 Å². The Morgan fingerprint density at radius 2 is 1.58 bits per heavy atom.